The molecule has 0 aromatic heterocycles. The molecule has 4 nitrogen and oxygen atoms in total. The second kappa shape index (κ2) is 11.3. The van der Waals surface area contributed by atoms with E-state index in [0.717, 1.165) is 37.7 Å². The largest absolute Gasteiger partial charge is 0.489 e. The number of aliphatic hydroxyl groups is 3. The molecule has 0 bridgehead atoms. The maximum absolute atomic E-state index is 10.5. The summed E-state index contributed by atoms with van der Waals surface area (Å²) in [6.45, 7) is 6.58. The van der Waals surface area contributed by atoms with Crippen molar-refractivity contribution in [3.8, 4) is 5.75 Å². The van der Waals surface area contributed by atoms with Crippen molar-refractivity contribution >= 4 is 0 Å². The Bertz CT molecular complexity index is 752. The zero-order valence-electron chi connectivity index (χ0n) is 18.0. The van der Waals surface area contributed by atoms with Crippen LogP contribution in [0.15, 0.2) is 42.5 Å². The third-order valence-electron chi connectivity index (χ3n) is 6.04. The van der Waals surface area contributed by atoms with E-state index in [0.29, 0.717) is 29.4 Å². The Balaban J connectivity index is 1.93. The Kier molecular flexibility index (Phi) is 9.15. The highest BCUT2D eigenvalue weighted by molar-refractivity contribution is 5.35. The molecule has 2 rings (SSSR count). The summed E-state index contributed by atoms with van der Waals surface area (Å²) in [6.07, 6.45) is 4.53. The van der Waals surface area contributed by atoms with E-state index in [9.17, 15) is 15.3 Å². The summed E-state index contributed by atoms with van der Waals surface area (Å²) >= 11 is 0. The molecule has 3 N–H and O–H groups in total. The summed E-state index contributed by atoms with van der Waals surface area (Å²) in [5.41, 5.74) is 3.27. The summed E-state index contributed by atoms with van der Waals surface area (Å²) in [5, 5.41) is 29.2. The molecule has 0 spiro atoms. The van der Waals surface area contributed by atoms with Crippen LogP contribution in [0.5, 0.6) is 5.75 Å². The minimum atomic E-state index is -0.519. The summed E-state index contributed by atoms with van der Waals surface area (Å²) in [7, 11) is 0. The first-order chi connectivity index (χ1) is 13.9. The maximum Gasteiger partial charge on any atom is 0.120 e. The number of hydrogen-bond donors (Lipinski definition) is 3. The van der Waals surface area contributed by atoms with Crippen molar-refractivity contribution in [3.63, 3.8) is 0 Å². The monoisotopic (exact) mass is 400 g/mol. The van der Waals surface area contributed by atoms with Crippen LogP contribution in [0.25, 0.3) is 0 Å². The average molecular weight is 401 g/mol. The van der Waals surface area contributed by atoms with Gasteiger partial charge in [-0.25, -0.2) is 0 Å². The van der Waals surface area contributed by atoms with Crippen LogP contribution in [0.3, 0.4) is 0 Å². The van der Waals surface area contributed by atoms with Crippen LogP contribution in [0.1, 0.15) is 81.0 Å². The van der Waals surface area contributed by atoms with Crippen LogP contribution in [-0.2, 0) is 19.8 Å². The minimum absolute atomic E-state index is 0.0932. The van der Waals surface area contributed by atoms with Crippen molar-refractivity contribution in [3.05, 3.63) is 64.7 Å². The molecule has 1 unspecified atom stereocenters. The second-order valence-corrected chi connectivity index (χ2v) is 8.01. The van der Waals surface area contributed by atoms with E-state index in [1.165, 1.54) is 5.56 Å². The smallest absolute Gasteiger partial charge is 0.120 e. The first kappa shape index (κ1) is 23.4. The van der Waals surface area contributed by atoms with Gasteiger partial charge < -0.3 is 20.1 Å². The van der Waals surface area contributed by atoms with Crippen molar-refractivity contribution in [2.24, 2.45) is 0 Å². The molecule has 1 atom stereocenters. The highest BCUT2D eigenvalue weighted by Crippen LogP contribution is 2.28. The number of benzene rings is 2. The van der Waals surface area contributed by atoms with Crippen LogP contribution in [0.2, 0.25) is 0 Å². The fraction of sp³-hybridized carbons (Fsp3) is 0.520. The molecule has 0 amide bonds. The van der Waals surface area contributed by atoms with Gasteiger partial charge in [0, 0.05) is 0 Å². The van der Waals surface area contributed by atoms with E-state index in [4.69, 9.17) is 4.74 Å². The molecule has 0 radical (unpaired) electrons. The predicted octanol–water partition coefficient (Wildman–Crippen LogP) is 5.08. The number of rotatable bonds is 12. The molecular weight excluding hydrogens is 364 g/mol. The molecule has 160 valence electrons. The third kappa shape index (κ3) is 6.84. The zero-order valence-corrected chi connectivity index (χ0v) is 18.0. The molecule has 2 aromatic carbocycles. The molecule has 0 aliphatic rings. The van der Waals surface area contributed by atoms with Gasteiger partial charge in [-0.15, -0.1) is 0 Å². The van der Waals surface area contributed by atoms with Crippen molar-refractivity contribution < 1.29 is 20.1 Å². The van der Waals surface area contributed by atoms with Crippen LogP contribution in [0.4, 0.5) is 0 Å². The summed E-state index contributed by atoms with van der Waals surface area (Å²) in [5.74, 6) is 1.11. The van der Waals surface area contributed by atoms with Gasteiger partial charge in [-0.05, 0) is 72.4 Å². The summed E-state index contributed by atoms with van der Waals surface area (Å²) < 4.78 is 5.90. The molecule has 0 aliphatic carbocycles. The van der Waals surface area contributed by atoms with Crippen LogP contribution < -0.4 is 4.74 Å². The van der Waals surface area contributed by atoms with E-state index in [1.807, 2.05) is 6.07 Å². The van der Waals surface area contributed by atoms with Crippen LogP contribution in [0, 0.1) is 0 Å². The molecule has 0 heterocycles. The maximum atomic E-state index is 10.5. The standard InChI is InChI=1S/C25H36O4/c1-4-25(28,5-2)13-7-8-19(3)21-10-6-9-20(14-21)18-29-24-12-11-22(16-26)23(15-24)17-27/h6,9-12,14-15,19,26-28H,4-5,7-8,13,16-18H2,1-3H3. The van der Waals surface area contributed by atoms with Gasteiger partial charge in [0.05, 0.1) is 18.8 Å². The molecule has 0 saturated carbocycles. The van der Waals surface area contributed by atoms with E-state index in [-0.39, 0.29) is 13.2 Å². The molecular formula is C25H36O4. The zero-order chi connectivity index (χ0) is 21.3. The first-order valence-corrected chi connectivity index (χ1v) is 10.7. The molecule has 4 heteroatoms. The van der Waals surface area contributed by atoms with Gasteiger partial charge in [0.15, 0.2) is 0 Å². The van der Waals surface area contributed by atoms with Gasteiger partial charge in [0.1, 0.15) is 12.4 Å². The minimum Gasteiger partial charge on any atom is -0.489 e. The van der Waals surface area contributed by atoms with Crippen molar-refractivity contribution in [1.82, 2.24) is 0 Å². The normalized spacial score (nSPS) is 12.8. The highest BCUT2D eigenvalue weighted by atomic mass is 16.5. The quantitative estimate of drug-likeness (QED) is 0.465. The average Bonchev–Trinajstić information content (AvgIpc) is 2.77. The van der Waals surface area contributed by atoms with E-state index < -0.39 is 5.60 Å². The molecule has 2 aromatic rings. The predicted molar refractivity (Wildman–Crippen MR) is 117 cm³/mol. The lowest BCUT2D eigenvalue weighted by Crippen LogP contribution is -2.26. The molecule has 0 fully saturated rings. The molecule has 0 aliphatic heterocycles. The van der Waals surface area contributed by atoms with Gasteiger partial charge in [0.2, 0.25) is 0 Å². The lowest BCUT2D eigenvalue weighted by atomic mass is 9.87. The fourth-order valence-corrected chi connectivity index (χ4v) is 3.66. The number of ether oxygens (including phenoxy) is 1. The van der Waals surface area contributed by atoms with Gasteiger partial charge in [0.25, 0.3) is 0 Å². The Hall–Kier alpha value is -1.88. The number of hydrogen-bond acceptors (Lipinski definition) is 4. The molecule has 29 heavy (non-hydrogen) atoms. The fourth-order valence-electron chi connectivity index (χ4n) is 3.66. The summed E-state index contributed by atoms with van der Waals surface area (Å²) in [4.78, 5) is 0. The van der Waals surface area contributed by atoms with Gasteiger partial charge >= 0.3 is 0 Å². The van der Waals surface area contributed by atoms with E-state index >= 15 is 0 Å². The Labute approximate surface area is 175 Å². The SMILES string of the molecule is CCC(O)(CC)CCCC(C)c1cccc(COc2ccc(CO)c(CO)c2)c1. The lowest BCUT2D eigenvalue weighted by molar-refractivity contribution is 0.0209. The van der Waals surface area contributed by atoms with E-state index in [1.54, 1.807) is 12.1 Å². The Morgan fingerprint density at radius 1 is 0.966 bits per heavy atom. The van der Waals surface area contributed by atoms with Crippen molar-refractivity contribution in [2.45, 2.75) is 84.2 Å². The van der Waals surface area contributed by atoms with Gasteiger partial charge in [-0.3, -0.25) is 0 Å². The lowest BCUT2D eigenvalue weighted by Gasteiger charge is -2.25. The van der Waals surface area contributed by atoms with Crippen LogP contribution >= 0.6 is 0 Å². The third-order valence-corrected chi connectivity index (χ3v) is 6.04. The van der Waals surface area contributed by atoms with Crippen molar-refractivity contribution in [1.29, 1.82) is 0 Å². The summed E-state index contributed by atoms with van der Waals surface area (Å²) in [6, 6.07) is 13.8. The Morgan fingerprint density at radius 2 is 1.69 bits per heavy atom. The second-order valence-electron chi connectivity index (χ2n) is 8.01. The van der Waals surface area contributed by atoms with Crippen LogP contribution in [-0.4, -0.2) is 20.9 Å². The van der Waals surface area contributed by atoms with Crippen molar-refractivity contribution in [2.75, 3.05) is 0 Å². The van der Waals surface area contributed by atoms with E-state index in [2.05, 4.69) is 45.0 Å². The molecule has 0 saturated heterocycles. The Morgan fingerprint density at radius 3 is 2.34 bits per heavy atom. The highest BCUT2D eigenvalue weighted by Gasteiger charge is 2.21. The topological polar surface area (TPSA) is 69.9 Å². The number of aliphatic hydroxyl groups excluding tert-OH is 2. The first-order valence-electron chi connectivity index (χ1n) is 10.7. The van der Waals surface area contributed by atoms with Gasteiger partial charge in [-0.1, -0.05) is 51.1 Å². The van der Waals surface area contributed by atoms with Gasteiger partial charge in [-0.2, -0.15) is 0 Å².